The van der Waals surface area contributed by atoms with Gasteiger partial charge in [-0.1, -0.05) is 97.1 Å². The summed E-state index contributed by atoms with van der Waals surface area (Å²) in [5.41, 5.74) is 1.60. The predicted molar refractivity (Wildman–Crippen MR) is 486 cm³/mol. The SMILES string of the molecule is CCOC(=O)c1cnc2n1CCN(C(=O)c1cc(Cc3n[nH]c(=O)c4ccccc34)ccc1F)C2.CNC(=O)c1nc(C(F)(F)F)n2c1CN(C(=O)c1cc(Cc3n[nH]c(=O)c4ccccc34)ccc1F)CC2.O=C(c1cc(Cc2n[nH]c(=O)c3ccccc23)ccc1F)N1CCn2c(C(F)(F)F)nc(Br)c2C1.O=C(c1cc(Cc2n[nH]c(=O)c3ccccc23)ccc1F)N1CCn2cc(C(F)(F)F)nc2C1. The fourth-order valence-electron chi connectivity index (χ4n) is 17.2. The summed E-state index contributed by atoms with van der Waals surface area (Å²) in [6.45, 7) is 1.77. The van der Waals surface area contributed by atoms with Gasteiger partial charge < -0.3 is 47.9 Å². The number of ether oxygens (including phenoxy) is 1. The van der Waals surface area contributed by atoms with Gasteiger partial charge in [-0.25, -0.2) is 62.7 Å². The van der Waals surface area contributed by atoms with Crippen molar-refractivity contribution in [2.75, 3.05) is 39.8 Å². The van der Waals surface area contributed by atoms with E-state index in [1.165, 1.54) is 98.1 Å². The summed E-state index contributed by atoms with van der Waals surface area (Å²) in [5.74, 6) is -8.33. The zero-order chi connectivity index (χ0) is 101. The maximum Gasteiger partial charge on any atom is 0.449 e. The molecular formula is C96H75BrF13N21O11. The number of alkyl halides is 9. The first kappa shape index (κ1) is 97.2. The van der Waals surface area contributed by atoms with E-state index in [0.29, 0.717) is 119 Å². The number of carbonyl (C=O) groups excluding carboxylic acids is 6. The van der Waals surface area contributed by atoms with Gasteiger partial charge >= 0.3 is 24.5 Å². The largest absolute Gasteiger partial charge is 0.461 e. The summed E-state index contributed by atoms with van der Waals surface area (Å²) in [6, 6.07) is 44.4. The summed E-state index contributed by atoms with van der Waals surface area (Å²) in [4.78, 5) is 145. The second-order valence-corrected chi connectivity index (χ2v) is 33.7. The quantitative estimate of drug-likeness (QED) is 0.0470. The Bertz CT molecular complexity index is 8000. The van der Waals surface area contributed by atoms with Gasteiger partial charge in [0.1, 0.15) is 45.2 Å². The second kappa shape index (κ2) is 39.8. The molecule has 5 N–H and O–H groups in total. The number of rotatable bonds is 15. The number of fused-ring (bicyclic) bond motifs is 8. The van der Waals surface area contributed by atoms with Gasteiger partial charge in [0, 0.05) is 113 Å². The van der Waals surface area contributed by atoms with Crippen molar-refractivity contribution in [3.05, 3.63) is 371 Å². The smallest absolute Gasteiger partial charge is 0.449 e. The van der Waals surface area contributed by atoms with Crippen LogP contribution in [-0.2, 0) is 101 Å². The average Bonchev–Trinajstić information content (AvgIpc) is 1.60. The van der Waals surface area contributed by atoms with Crippen molar-refractivity contribution in [3.63, 3.8) is 0 Å². The molecule has 8 aromatic carbocycles. The number of halogens is 14. The van der Waals surface area contributed by atoms with E-state index < -0.39 is 100 Å². The number of aromatic nitrogens is 16. The number of aromatic amines is 4. The van der Waals surface area contributed by atoms with E-state index >= 15 is 0 Å². The summed E-state index contributed by atoms with van der Waals surface area (Å²) in [5, 5.41) is 33.0. The molecule has 728 valence electrons. The Balaban J connectivity index is 0.000000130. The number of amides is 5. The fourth-order valence-corrected chi connectivity index (χ4v) is 17.7. The Morgan fingerprint density at radius 3 is 1.09 bits per heavy atom. The molecular weight excluding hydrogens is 1950 g/mol. The summed E-state index contributed by atoms with van der Waals surface area (Å²) < 4.78 is 188. The van der Waals surface area contributed by atoms with E-state index in [-0.39, 0.29) is 158 Å². The number of esters is 1. The van der Waals surface area contributed by atoms with Gasteiger partial charge in [0.05, 0.1) is 117 Å². The van der Waals surface area contributed by atoms with E-state index in [4.69, 9.17) is 4.74 Å². The van der Waals surface area contributed by atoms with Crippen LogP contribution in [0.1, 0.15) is 155 Å². The monoisotopic (exact) mass is 2020 g/mol. The first-order valence-corrected chi connectivity index (χ1v) is 44.4. The van der Waals surface area contributed by atoms with Crippen LogP contribution in [0.4, 0.5) is 57.1 Å². The molecule has 0 bridgehead atoms. The molecule has 142 heavy (non-hydrogen) atoms. The molecule has 0 atom stereocenters. The number of benzene rings is 8. The van der Waals surface area contributed by atoms with Gasteiger partial charge in [0.2, 0.25) is 11.6 Å². The minimum absolute atomic E-state index is 0.00688. The number of hydrogen-bond donors (Lipinski definition) is 5. The molecule has 32 nitrogen and oxygen atoms in total. The number of imidazole rings is 4. The standard InChI is InChI=1S/C25H20F4N6O3.C25H22FN5O4.C23H16BrF4N5O2.C23H17F4N5O2/c1-30-22(37)20-19-12-34(8-9-35(19)24(31-20)25(27,28)29)23(38)16-10-13(6-7-17(16)26)11-18-14-4-2-3-5-15(14)21(36)33-32-18;1-2-35-25(34)21-13-27-22-14-30(9-10-31(21)22)24(33)18-11-15(7-8-19(18)26)12-20-16-5-3-4-6-17(16)23(32)29-28-20;24-19-18-11-32(7-8-33(18)22(29-19)23(26,27)28)21(35)15-9-12(5-6-16(15)25)10-17-13-3-1-2-4-14(13)20(34)31-30-17;24-17-6-5-13(10-18-14-3-1-2-4-15(14)21(33)30-29-18)9-16(17)22(34)32-8-7-31-11-19(23(25,26)27)28-20(31)12-32/h2-7,10H,8-9,11-12H2,1H3,(H,30,37)(H,33,36);3-8,11,13H,2,9-10,12,14H2,1H3,(H,29,32);1-6,9H,7-8,10-11H2,(H,31,34);1-6,9,11H,7-8,10,12H2,(H,30,33). The van der Waals surface area contributed by atoms with Crippen molar-refractivity contribution >= 4 is 94.5 Å². The van der Waals surface area contributed by atoms with Crippen LogP contribution in [0.15, 0.2) is 206 Å². The average molecular weight is 2030 g/mol. The predicted octanol–water partition coefficient (Wildman–Crippen LogP) is 13.4. The molecule has 16 aromatic rings. The van der Waals surface area contributed by atoms with Gasteiger partial charge in [-0.3, -0.25) is 43.2 Å². The number of nitrogens with one attached hydrogen (secondary N) is 5. The van der Waals surface area contributed by atoms with Gasteiger partial charge in [0.15, 0.2) is 11.4 Å². The molecule has 0 unspecified atom stereocenters. The van der Waals surface area contributed by atoms with Crippen LogP contribution in [0.5, 0.6) is 0 Å². The Morgan fingerprint density at radius 2 is 0.732 bits per heavy atom. The molecule has 46 heteroatoms. The third kappa shape index (κ3) is 20.1. The van der Waals surface area contributed by atoms with Crippen molar-refractivity contribution in [2.24, 2.45) is 0 Å². The van der Waals surface area contributed by atoms with Crippen molar-refractivity contribution in [3.8, 4) is 0 Å². The Kier molecular flexibility index (Phi) is 27.2. The van der Waals surface area contributed by atoms with Gasteiger partial charge in [-0.2, -0.15) is 59.9 Å². The zero-order valence-corrected chi connectivity index (χ0v) is 75.9. The molecule has 12 heterocycles. The first-order chi connectivity index (χ1) is 67.9. The fraction of sp³-hybridized carbons (Fsp3) is 0.229. The molecule has 8 aromatic heterocycles. The van der Waals surface area contributed by atoms with Crippen LogP contribution < -0.4 is 27.6 Å². The molecule has 0 spiro atoms. The van der Waals surface area contributed by atoms with Crippen LogP contribution in [0.2, 0.25) is 0 Å². The van der Waals surface area contributed by atoms with Crippen molar-refractivity contribution in [2.45, 2.75) is 103 Å². The van der Waals surface area contributed by atoms with Gasteiger partial charge in [-0.15, -0.1) is 0 Å². The Labute approximate surface area is 799 Å². The topological polar surface area (TPSA) is 391 Å². The third-order valence-corrected chi connectivity index (χ3v) is 24.8. The maximum atomic E-state index is 14.8. The van der Waals surface area contributed by atoms with Crippen LogP contribution in [0.3, 0.4) is 0 Å². The summed E-state index contributed by atoms with van der Waals surface area (Å²) in [7, 11) is 1.26. The van der Waals surface area contributed by atoms with Crippen molar-refractivity contribution in [1.82, 2.24) is 104 Å². The number of H-pyrrole nitrogens is 4. The minimum atomic E-state index is -4.80. The lowest BCUT2D eigenvalue weighted by Gasteiger charge is -2.30. The van der Waals surface area contributed by atoms with Crippen LogP contribution in [-0.4, -0.2) is 174 Å². The van der Waals surface area contributed by atoms with Crippen molar-refractivity contribution in [1.29, 1.82) is 0 Å². The molecule has 4 aliphatic rings. The molecule has 0 fully saturated rings. The Morgan fingerprint density at radius 1 is 0.401 bits per heavy atom. The highest BCUT2D eigenvalue weighted by Gasteiger charge is 2.44. The highest BCUT2D eigenvalue weighted by Crippen LogP contribution is 2.38. The van der Waals surface area contributed by atoms with Gasteiger partial charge in [0.25, 0.3) is 51.8 Å². The third-order valence-electron chi connectivity index (χ3n) is 24.1. The van der Waals surface area contributed by atoms with Crippen LogP contribution in [0, 0.1) is 23.3 Å². The highest BCUT2D eigenvalue weighted by atomic mass is 79.9. The normalized spacial score (nSPS) is 13.5. The Hall–Kier alpha value is -16.5. The second-order valence-electron chi connectivity index (χ2n) is 33.0. The van der Waals surface area contributed by atoms with E-state index in [2.05, 4.69) is 82.0 Å². The minimum Gasteiger partial charge on any atom is -0.461 e. The number of hydrogen-bond acceptors (Lipinski definition) is 19. The lowest BCUT2D eigenvalue weighted by atomic mass is 10.0. The molecule has 0 radical (unpaired) electrons. The van der Waals surface area contributed by atoms with Crippen molar-refractivity contribution < 1.29 is 90.6 Å². The first-order valence-electron chi connectivity index (χ1n) is 43.6. The van der Waals surface area contributed by atoms with E-state index in [0.717, 1.165) is 21.4 Å². The number of carbonyl (C=O) groups is 6. The molecule has 20 rings (SSSR count). The molecule has 0 saturated heterocycles. The highest BCUT2D eigenvalue weighted by molar-refractivity contribution is 9.10. The number of nitrogens with zero attached hydrogens (tertiary/aromatic N) is 16. The lowest BCUT2D eigenvalue weighted by molar-refractivity contribution is -0.148. The zero-order valence-electron chi connectivity index (χ0n) is 74.3. The molecule has 4 aliphatic heterocycles. The lowest BCUT2D eigenvalue weighted by Crippen LogP contribution is -2.40. The molecule has 0 aliphatic carbocycles. The van der Waals surface area contributed by atoms with Crippen LogP contribution >= 0.6 is 15.9 Å². The maximum absolute atomic E-state index is 14.8. The van der Waals surface area contributed by atoms with E-state index in [1.807, 2.05) is 12.1 Å². The molecule has 5 amide bonds. The summed E-state index contributed by atoms with van der Waals surface area (Å²) >= 11 is 3.04. The van der Waals surface area contributed by atoms with Crippen LogP contribution in [0.25, 0.3) is 43.1 Å². The van der Waals surface area contributed by atoms with Gasteiger partial charge in [-0.05, 0) is 118 Å². The molecule has 0 saturated carbocycles. The summed E-state index contributed by atoms with van der Waals surface area (Å²) in [6.07, 6.45) is -10.7. The van der Waals surface area contributed by atoms with E-state index in [9.17, 15) is 105 Å². The van der Waals surface area contributed by atoms with E-state index in [1.54, 1.807) is 102 Å².